The number of nitrogens with zero attached hydrogens (tertiary/aromatic N) is 1. The summed E-state index contributed by atoms with van der Waals surface area (Å²) >= 11 is 3.03. The first kappa shape index (κ1) is 14.7. The summed E-state index contributed by atoms with van der Waals surface area (Å²) < 4.78 is 51.2. The molecular formula is C12H12BrF4NO. The highest BCUT2D eigenvalue weighted by Crippen LogP contribution is 2.38. The van der Waals surface area contributed by atoms with Gasteiger partial charge < -0.3 is 5.11 Å². The summed E-state index contributed by atoms with van der Waals surface area (Å²) in [5.41, 5.74) is -1.94. The van der Waals surface area contributed by atoms with Gasteiger partial charge in [0.1, 0.15) is 5.82 Å². The van der Waals surface area contributed by atoms with Crippen molar-refractivity contribution in [3.8, 4) is 0 Å². The monoisotopic (exact) mass is 341 g/mol. The first-order valence-corrected chi connectivity index (χ1v) is 6.46. The molecule has 1 aromatic carbocycles. The van der Waals surface area contributed by atoms with E-state index in [1.807, 2.05) is 0 Å². The smallest absolute Gasteiger partial charge is 0.379 e. The summed E-state index contributed by atoms with van der Waals surface area (Å²) in [4.78, 5) is 1.51. The highest BCUT2D eigenvalue weighted by molar-refractivity contribution is 9.10. The molecule has 19 heavy (non-hydrogen) atoms. The zero-order valence-corrected chi connectivity index (χ0v) is 11.4. The third-order valence-corrected chi connectivity index (χ3v) is 3.85. The quantitative estimate of drug-likeness (QED) is 0.835. The van der Waals surface area contributed by atoms with Gasteiger partial charge in [-0.15, -0.1) is 0 Å². The molecule has 1 aromatic rings. The van der Waals surface area contributed by atoms with Gasteiger partial charge in [0.25, 0.3) is 0 Å². The molecule has 1 atom stereocenters. The van der Waals surface area contributed by atoms with Gasteiger partial charge in [0.05, 0.1) is 4.47 Å². The van der Waals surface area contributed by atoms with Crippen LogP contribution in [0.15, 0.2) is 22.7 Å². The Morgan fingerprint density at radius 2 is 2.05 bits per heavy atom. The van der Waals surface area contributed by atoms with Crippen LogP contribution in [-0.4, -0.2) is 34.9 Å². The molecule has 1 aliphatic heterocycles. The number of rotatable bonds is 2. The van der Waals surface area contributed by atoms with E-state index in [-0.39, 0.29) is 24.0 Å². The second-order valence-corrected chi connectivity index (χ2v) is 5.59. The summed E-state index contributed by atoms with van der Waals surface area (Å²) in [6.07, 6.45) is -4.95. The van der Waals surface area contributed by atoms with Crippen LogP contribution in [-0.2, 0) is 6.54 Å². The molecule has 1 aliphatic rings. The third kappa shape index (κ3) is 3.09. The zero-order chi connectivity index (χ0) is 14.3. The van der Waals surface area contributed by atoms with E-state index in [4.69, 9.17) is 0 Å². The van der Waals surface area contributed by atoms with E-state index in [9.17, 15) is 22.7 Å². The van der Waals surface area contributed by atoms with E-state index in [0.717, 1.165) is 0 Å². The highest BCUT2D eigenvalue weighted by atomic mass is 79.9. The van der Waals surface area contributed by atoms with Crippen molar-refractivity contribution in [3.05, 3.63) is 34.1 Å². The molecular weight excluding hydrogens is 330 g/mol. The number of likely N-dealkylation sites (tertiary alicyclic amines) is 1. The predicted octanol–water partition coefficient (Wildman–Crippen LogP) is 3.09. The second kappa shape index (κ2) is 5.03. The Morgan fingerprint density at radius 3 is 2.58 bits per heavy atom. The Hall–Kier alpha value is -0.660. The van der Waals surface area contributed by atoms with Gasteiger partial charge in [-0.1, -0.05) is 6.07 Å². The summed E-state index contributed by atoms with van der Waals surface area (Å²) in [6, 6.07) is 4.30. The standard InChI is InChI=1S/C12H12BrF4NO/c13-9-5-8(1-2-10(9)14)6-18-4-3-11(19,7-18)12(15,16)17/h1-2,5,19H,3-4,6-7H2. The highest BCUT2D eigenvalue weighted by Gasteiger charge is 2.56. The Labute approximate surface area is 116 Å². The topological polar surface area (TPSA) is 23.5 Å². The van der Waals surface area contributed by atoms with Crippen molar-refractivity contribution in [2.24, 2.45) is 0 Å². The van der Waals surface area contributed by atoms with Crippen LogP contribution in [0.4, 0.5) is 17.6 Å². The van der Waals surface area contributed by atoms with E-state index in [0.29, 0.717) is 5.56 Å². The average Bonchev–Trinajstić information content (AvgIpc) is 2.66. The van der Waals surface area contributed by atoms with Crippen molar-refractivity contribution in [2.45, 2.75) is 24.7 Å². The first-order valence-electron chi connectivity index (χ1n) is 5.67. The lowest BCUT2D eigenvalue weighted by Crippen LogP contribution is -2.47. The lowest BCUT2D eigenvalue weighted by Gasteiger charge is -2.26. The van der Waals surface area contributed by atoms with Crippen LogP contribution < -0.4 is 0 Å². The molecule has 1 fully saturated rings. The third-order valence-electron chi connectivity index (χ3n) is 3.24. The fourth-order valence-corrected chi connectivity index (χ4v) is 2.56. The molecule has 0 radical (unpaired) electrons. The van der Waals surface area contributed by atoms with Crippen molar-refractivity contribution in [3.63, 3.8) is 0 Å². The molecule has 106 valence electrons. The summed E-state index contributed by atoms with van der Waals surface area (Å²) in [5, 5.41) is 9.54. The molecule has 0 saturated carbocycles. The minimum absolute atomic E-state index is 0.158. The maximum Gasteiger partial charge on any atom is 0.418 e. The largest absolute Gasteiger partial charge is 0.418 e. The molecule has 1 saturated heterocycles. The van der Waals surface area contributed by atoms with Crippen molar-refractivity contribution in [2.75, 3.05) is 13.1 Å². The fourth-order valence-electron chi connectivity index (χ4n) is 2.13. The van der Waals surface area contributed by atoms with Crippen LogP contribution in [0.2, 0.25) is 0 Å². The first-order chi connectivity index (χ1) is 8.71. The van der Waals surface area contributed by atoms with Crippen LogP contribution >= 0.6 is 15.9 Å². The van der Waals surface area contributed by atoms with Gasteiger partial charge in [0, 0.05) is 19.6 Å². The number of hydrogen-bond acceptors (Lipinski definition) is 2. The molecule has 0 aromatic heterocycles. The van der Waals surface area contributed by atoms with Crippen molar-refractivity contribution < 1.29 is 22.7 Å². The Morgan fingerprint density at radius 1 is 1.37 bits per heavy atom. The van der Waals surface area contributed by atoms with Gasteiger partial charge >= 0.3 is 6.18 Å². The summed E-state index contributed by atoms with van der Waals surface area (Å²) in [6.45, 7) is -0.0478. The molecule has 0 amide bonds. The van der Waals surface area contributed by atoms with E-state index in [1.54, 1.807) is 0 Å². The molecule has 0 spiro atoms. The number of alkyl halides is 3. The Balaban J connectivity index is 2.04. The normalized spacial score (nSPS) is 24.9. The number of β-amino-alcohol motifs (C(OH)–C–C–N with tert-alkyl or cyclic N) is 1. The molecule has 0 aliphatic carbocycles. The molecule has 1 heterocycles. The number of halogens is 5. The summed E-state index contributed by atoms with van der Waals surface area (Å²) in [7, 11) is 0. The van der Waals surface area contributed by atoms with E-state index in [2.05, 4.69) is 15.9 Å². The van der Waals surface area contributed by atoms with Crippen LogP contribution in [0.5, 0.6) is 0 Å². The van der Waals surface area contributed by atoms with Gasteiger partial charge in [-0.25, -0.2) is 4.39 Å². The van der Waals surface area contributed by atoms with Crippen LogP contribution in [0.25, 0.3) is 0 Å². The second-order valence-electron chi connectivity index (χ2n) is 4.74. The van der Waals surface area contributed by atoms with Crippen LogP contribution in [0, 0.1) is 5.82 Å². The number of hydrogen-bond donors (Lipinski definition) is 1. The van der Waals surface area contributed by atoms with E-state index < -0.39 is 24.1 Å². The predicted molar refractivity (Wildman–Crippen MR) is 65.0 cm³/mol. The molecule has 1 N–H and O–H groups in total. The van der Waals surface area contributed by atoms with Gasteiger partial charge in [-0.2, -0.15) is 13.2 Å². The summed E-state index contributed by atoms with van der Waals surface area (Å²) in [5.74, 6) is -0.419. The molecule has 2 rings (SSSR count). The molecule has 1 unspecified atom stereocenters. The maximum absolute atomic E-state index is 13.0. The van der Waals surface area contributed by atoms with E-state index in [1.165, 1.54) is 23.1 Å². The zero-order valence-electron chi connectivity index (χ0n) is 9.84. The van der Waals surface area contributed by atoms with Gasteiger partial charge in [0.15, 0.2) is 5.60 Å². The van der Waals surface area contributed by atoms with Crippen molar-refractivity contribution >= 4 is 15.9 Å². The molecule has 0 bridgehead atoms. The van der Waals surface area contributed by atoms with Gasteiger partial charge in [0.2, 0.25) is 0 Å². The maximum atomic E-state index is 13.0. The number of benzene rings is 1. The lowest BCUT2D eigenvalue weighted by atomic mass is 10.0. The number of aliphatic hydroxyl groups is 1. The fraction of sp³-hybridized carbons (Fsp3) is 0.500. The van der Waals surface area contributed by atoms with Gasteiger partial charge in [-0.3, -0.25) is 4.90 Å². The Kier molecular flexibility index (Phi) is 3.90. The van der Waals surface area contributed by atoms with Crippen LogP contribution in [0.3, 0.4) is 0 Å². The minimum atomic E-state index is -4.62. The van der Waals surface area contributed by atoms with Crippen LogP contribution in [0.1, 0.15) is 12.0 Å². The molecule has 7 heteroatoms. The SMILES string of the molecule is OC1(C(F)(F)F)CCN(Cc2ccc(F)c(Br)c2)C1. The molecule has 2 nitrogen and oxygen atoms in total. The minimum Gasteiger partial charge on any atom is -0.379 e. The average molecular weight is 342 g/mol. The lowest BCUT2D eigenvalue weighted by molar-refractivity contribution is -0.254. The van der Waals surface area contributed by atoms with E-state index >= 15 is 0 Å². The van der Waals surface area contributed by atoms with Crippen molar-refractivity contribution in [1.29, 1.82) is 0 Å². The van der Waals surface area contributed by atoms with Crippen molar-refractivity contribution in [1.82, 2.24) is 4.90 Å². The van der Waals surface area contributed by atoms with Gasteiger partial charge in [-0.05, 0) is 40.0 Å². The Bertz CT molecular complexity index is 479.